The van der Waals surface area contributed by atoms with E-state index < -0.39 is 5.82 Å². The fourth-order valence-electron chi connectivity index (χ4n) is 3.68. The molecule has 0 radical (unpaired) electrons. The number of nitrogens with one attached hydrogen (secondary N) is 1. The SMILES string of the molecule is CCn1c(=O)c(-c2cc(N)c(F)cc2Cl)cc2cnc(NC3CCOCC3)cc21. The molecule has 3 N–H and O–H groups in total. The van der Waals surface area contributed by atoms with Crippen molar-refractivity contribution in [2.45, 2.75) is 32.4 Å². The van der Waals surface area contributed by atoms with Gasteiger partial charge in [-0.1, -0.05) is 11.6 Å². The fourth-order valence-corrected chi connectivity index (χ4v) is 3.93. The molecule has 1 aromatic carbocycles. The molecule has 152 valence electrons. The van der Waals surface area contributed by atoms with Gasteiger partial charge in [-0.3, -0.25) is 4.79 Å². The summed E-state index contributed by atoms with van der Waals surface area (Å²) in [6.07, 6.45) is 3.57. The second-order valence-electron chi connectivity index (χ2n) is 7.12. The normalized spacial score (nSPS) is 15.0. The van der Waals surface area contributed by atoms with Gasteiger partial charge in [0.05, 0.1) is 16.2 Å². The van der Waals surface area contributed by atoms with Gasteiger partial charge in [0, 0.05) is 54.6 Å². The Bertz CT molecular complexity index is 1130. The number of fused-ring (bicyclic) bond motifs is 1. The van der Waals surface area contributed by atoms with Crippen molar-refractivity contribution in [3.8, 4) is 11.1 Å². The van der Waals surface area contributed by atoms with Crippen LogP contribution in [0.3, 0.4) is 0 Å². The summed E-state index contributed by atoms with van der Waals surface area (Å²) in [6, 6.07) is 6.45. The first-order valence-corrected chi connectivity index (χ1v) is 9.98. The number of hydrogen-bond acceptors (Lipinski definition) is 5. The Labute approximate surface area is 172 Å². The summed E-state index contributed by atoms with van der Waals surface area (Å²) in [5.74, 6) is 0.115. The summed E-state index contributed by atoms with van der Waals surface area (Å²) in [4.78, 5) is 17.7. The highest BCUT2D eigenvalue weighted by atomic mass is 35.5. The minimum absolute atomic E-state index is 0.0546. The zero-order chi connectivity index (χ0) is 20.5. The number of aryl methyl sites for hydroxylation is 1. The first-order chi connectivity index (χ1) is 14.0. The predicted octanol–water partition coefficient (Wildman–Crippen LogP) is 4.05. The van der Waals surface area contributed by atoms with Gasteiger partial charge < -0.3 is 20.4 Å². The van der Waals surface area contributed by atoms with Crippen LogP contribution < -0.4 is 16.6 Å². The first kappa shape index (κ1) is 19.7. The molecule has 0 bridgehead atoms. The molecule has 29 heavy (non-hydrogen) atoms. The molecule has 0 aliphatic carbocycles. The van der Waals surface area contributed by atoms with Crippen LogP contribution in [0.1, 0.15) is 19.8 Å². The Morgan fingerprint density at radius 3 is 2.76 bits per heavy atom. The van der Waals surface area contributed by atoms with Crippen molar-refractivity contribution in [1.82, 2.24) is 9.55 Å². The van der Waals surface area contributed by atoms with Crippen LogP contribution in [0.4, 0.5) is 15.9 Å². The van der Waals surface area contributed by atoms with Crippen molar-refractivity contribution in [3.05, 3.63) is 51.7 Å². The number of aromatic nitrogens is 2. The van der Waals surface area contributed by atoms with Gasteiger partial charge in [0.1, 0.15) is 11.6 Å². The summed E-state index contributed by atoms with van der Waals surface area (Å²) >= 11 is 6.21. The predicted molar refractivity (Wildman–Crippen MR) is 114 cm³/mol. The second-order valence-corrected chi connectivity index (χ2v) is 7.53. The van der Waals surface area contributed by atoms with Crippen molar-refractivity contribution in [3.63, 3.8) is 0 Å². The Morgan fingerprint density at radius 1 is 1.28 bits per heavy atom. The van der Waals surface area contributed by atoms with E-state index in [9.17, 15) is 9.18 Å². The van der Waals surface area contributed by atoms with E-state index in [1.165, 1.54) is 6.07 Å². The van der Waals surface area contributed by atoms with Crippen LogP contribution in [0.2, 0.25) is 5.02 Å². The molecule has 6 nitrogen and oxygen atoms in total. The average molecular weight is 417 g/mol. The lowest BCUT2D eigenvalue weighted by Gasteiger charge is -2.24. The first-order valence-electron chi connectivity index (χ1n) is 9.60. The summed E-state index contributed by atoms with van der Waals surface area (Å²) in [6.45, 7) is 3.83. The van der Waals surface area contributed by atoms with Gasteiger partial charge in [-0.25, -0.2) is 9.37 Å². The van der Waals surface area contributed by atoms with Crippen LogP contribution in [-0.4, -0.2) is 28.8 Å². The molecule has 0 atom stereocenters. The maximum Gasteiger partial charge on any atom is 0.258 e. The molecule has 0 unspecified atom stereocenters. The third kappa shape index (κ3) is 3.80. The zero-order valence-corrected chi connectivity index (χ0v) is 16.8. The van der Waals surface area contributed by atoms with Gasteiger partial charge in [-0.2, -0.15) is 0 Å². The molecule has 0 spiro atoms. The number of nitrogens with zero attached hydrogens (tertiary/aromatic N) is 2. The maximum absolute atomic E-state index is 13.7. The minimum atomic E-state index is -0.610. The number of anilines is 2. The molecule has 1 saturated heterocycles. The van der Waals surface area contributed by atoms with Gasteiger partial charge in [0.25, 0.3) is 5.56 Å². The number of halogens is 2. The van der Waals surface area contributed by atoms with Gasteiger partial charge in [-0.05, 0) is 38.0 Å². The van der Waals surface area contributed by atoms with Crippen LogP contribution in [0, 0.1) is 5.82 Å². The maximum atomic E-state index is 13.7. The van der Waals surface area contributed by atoms with E-state index in [1.54, 1.807) is 16.8 Å². The van der Waals surface area contributed by atoms with E-state index >= 15 is 0 Å². The lowest BCUT2D eigenvalue weighted by molar-refractivity contribution is 0.0904. The largest absolute Gasteiger partial charge is 0.396 e. The van der Waals surface area contributed by atoms with Gasteiger partial charge in [-0.15, -0.1) is 0 Å². The van der Waals surface area contributed by atoms with E-state index in [0.717, 1.165) is 48.8 Å². The van der Waals surface area contributed by atoms with E-state index in [-0.39, 0.29) is 16.3 Å². The summed E-state index contributed by atoms with van der Waals surface area (Å²) in [5, 5.41) is 4.36. The standard InChI is InChI=1S/C21H22ClFN4O2/c1-2-27-19-10-20(26-13-3-5-29-6-4-13)25-11-12(19)7-15(21(27)28)14-8-18(24)17(23)9-16(14)22/h7-11,13H,2-6,24H2,1H3,(H,25,26). The number of nitrogens with two attached hydrogens (primary N) is 1. The number of rotatable bonds is 4. The summed E-state index contributed by atoms with van der Waals surface area (Å²) < 4.78 is 20.7. The van der Waals surface area contributed by atoms with E-state index in [1.807, 2.05) is 13.0 Å². The molecule has 1 aliphatic rings. The topological polar surface area (TPSA) is 82.2 Å². The fraction of sp³-hybridized carbons (Fsp3) is 0.333. The molecule has 4 rings (SSSR count). The quantitative estimate of drug-likeness (QED) is 0.627. The van der Waals surface area contributed by atoms with Crippen LogP contribution in [0.25, 0.3) is 22.0 Å². The highest BCUT2D eigenvalue weighted by Crippen LogP contribution is 2.31. The van der Waals surface area contributed by atoms with E-state index in [2.05, 4.69) is 10.3 Å². The molecular weight excluding hydrogens is 395 g/mol. The van der Waals surface area contributed by atoms with E-state index in [0.29, 0.717) is 23.7 Å². The Hall–Kier alpha value is -2.64. The van der Waals surface area contributed by atoms with Crippen molar-refractivity contribution in [2.75, 3.05) is 24.3 Å². The van der Waals surface area contributed by atoms with Gasteiger partial charge >= 0.3 is 0 Å². The Morgan fingerprint density at radius 2 is 2.03 bits per heavy atom. The van der Waals surface area contributed by atoms with E-state index in [4.69, 9.17) is 22.1 Å². The second kappa shape index (κ2) is 8.00. The van der Waals surface area contributed by atoms with Gasteiger partial charge in [0.2, 0.25) is 0 Å². The molecule has 1 aliphatic heterocycles. The number of pyridine rings is 2. The number of nitrogen functional groups attached to an aromatic ring is 1. The highest BCUT2D eigenvalue weighted by molar-refractivity contribution is 6.33. The third-order valence-corrected chi connectivity index (χ3v) is 5.56. The van der Waals surface area contributed by atoms with Crippen LogP contribution in [-0.2, 0) is 11.3 Å². The number of ether oxygens (including phenoxy) is 1. The molecule has 8 heteroatoms. The molecule has 3 aromatic rings. The Balaban J connectivity index is 1.81. The summed E-state index contributed by atoms with van der Waals surface area (Å²) in [7, 11) is 0. The minimum Gasteiger partial charge on any atom is -0.396 e. The number of benzene rings is 1. The molecule has 3 heterocycles. The molecule has 2 aromatic heterocycles. The average Bonchev–Trinajstić information content (AvgIpc) is 2.71. The van der Waals surface area contributed by atoms with Crippen molar-refractivity contribution in [2.24, 2.45) is 0 Å². The smallest absolute Gasteiger partial charge is 0.258 e. The molecular formula is C21H22ClFN4O2. The van der Waals surface area contributed by atoms with Crippen molar-refractivity contribution < 1.29 is 9.13 Å². The van der Waals surface area contributed by atoms with Gasteiger partial charge in [0.15, 0.2) is 0 Å². The lowest BCUT2D eigenvalue weighted by atomic mass is 10.0. The Kier molecular flexibility index (Phi) is 5.43. The van der Waals surface area contributed by atoms with Crippen LogP contribution >= 0.6 is 11.6 Å². The highest BCUT2D eigenvalue weighted by Gasteiger charge is 2.17. The molecule has 0 saturated carbocycles. The zero-order valence-electron chi connectivity index (χ0n) is 16.0. The lowest BCUT2D eigenvalue weighted by Crippen LogP contribution is -2.28. The van der Waals surface area contributed by atoms with Crippen molar-refractivity contribution >= 4 is 34.0 Å². The third-order valence-electron chi connectivity index (χ3n) is 5.24. The van der Waals surface area contributed by atoms with Crippen molar-refractivity contribution in [1.29, 1.82) is 0 Å². The monoisotopic (exact) mass is 416 g/mol. The summed E-state index contributed by atoms with van der Waals surface area (Å²) in [5.41, 5.74) is 6.98. The van der Waals surface area contributed by atoms with Crippen LogP contribution in [0.15, 0.2) is 35.3 Å². The van der Waals surface area contributed by atoms with Crippen LogP contribution in [0.5, 0.6) is 0 Å². The molecule has 0 amide bonds. The molecule has 1 fully saturated rings. The number of hydrogen-bond donors (Lipinski definition) is 2.